The molecule has 1 atom stereocenters. The molecule has 0 amide bonds. The molecule has 96 valence electrons. The van der Waals surface area contributed by atoms with Gasteiger partial charge in [-0.1, -0.05) is 31.6 Å². The smallest absolute Gasteiger partial charge is 0.185 e. The van der Waals surface area contributed by atoms with Crippen molar-refractivity contribution in [3.05, 3.63) is 10.6 Å². The SMILES string of the molecule is CCC(C)CN(C)c1nc(C2CC2)c(CO)s1. The topological polar surface area (TPSA) is 36.4 Å². The highest BCUT2D eigenvalue weighted by Crippen LogP contribution is 2.44. The third kappa shape index (κ3) is 2.99. The van der Waals surface area contributed by atoms with E-state index >= 15 is 0 Å². The standard InChI is InChI=1S/C13H22N2OS/c1-4-9(2)7-15(3)13-14-12(10-5-6-10)11(8-16)17-13/h9-10,16H,4-8H2,1-3H3. The van der Waals surface area contributed by atoms with Gasteiger partial charge in [0.15, 0.2) is 5.13 Å². The van der Waals surface area contributed by atoms with E-state index in [1.54, 1.807) is 11.3 Å². The number of thiazole rings is 1. The summed E-state index contributed by atoms with van der Waals surface area (Å²) in [5.41, 5.74) is 1.16. The van der Waals surface area contributed by atoms with Gasteiger partial charge in [0.1, 0.15) is 0 Å². The molecule has 1 unspecified atom stereocenters. The van der Waals surface area contributed by atoms with Crippen LogP contribution in [0.1, 0.15) is 49.6 Å². The van der Waals surface area contributed by atoms with Gasteiger partial charge in [-0.15, -0.1) is 0 Å². The van der Waals surface area contributed by atoms with Crippen molar-refractivity contribution in [2.75, 3.05) is 18.5 Å². The fourth-order valence-corrected chi connectivity index (χ4v) is 2.95. The second-order valence-electron chi connectivity index (χ2n) is 5.13. The van der Waals surface area contributed by atoms with Crippen LogP contribution in [0.25, 0.3) is 0 Å². The van der Waals surface area contributed by atoms with Crippen molar-refractivity contribution >= 4 is 16.5 Å². The van der Waals surface area contributed by atoms with E-state index in [2.05, 4.69) is 25.8 Å². The van der Waals surface area contributed by atoms with Gasteiger partial charge in [-0.05, 0) is 18.8 Å². The van der Waals surface area contributed by atoms with Gasteiger partial charge in [-0.2, -0.15) is 0 Å². The van der Waals surface area contributed by atoms with Crippen molar-refractivity contribution in [1.82, 2.24) is 4.98 Å². The Morgan fingerprint density at radius 1 is 1.53 bits per heavy atom. The quantitative estimate of drug-likeness (QED) is 0.848. The minimum Gasteiger partial charge on any atom is -0.391 e. The average molecular weight is 254 g/mol. The fraction of sp³-hybridized carbons (Fsp3) is 0.769. The summed E-state index contributed by atoms with van der Waals surface area (Å²) in [7, 11) is 2.10. The van der Waals surface area contributed by atoms with Crippen molar-refractivity contribution in [2.45, 2.75) is 45.6 Å². The van der Waals surface area contributed by atoms with Gasteiger partial charge >= 0.3 is 0 Å². The van der Waals surface area contributed by atoms with E-state index in [0.29, 0.717) is 11.8 Å². The second-order valence-corrected chi connectivity index (χ2v) is 6.19. The van der Waals surface area contributed by atoms with Crippen LogP contribution < -0.4 is 4.90 Å². The molecule has 0 aliphatic heterocycles. The molecule has 1 N–H and O–H groups in total. The molecule has 0 radical (unpaired) electrons. The summed E-state index contributed by atoms with van der Waals surface area (Å²) in [5, 5.41) is 10.4. The maximum Gasteiger partial charge on any atom is 0.185 e. The molecular weight excluding hydrogens is 232 g/mol. The molecule has 1 fully saturated rings. The predicted molar refractivity (Wildman–Crippen MR) is 72.7 cm³/mol. The van der Waals surface area contributed by atoms with E-state index in [-0.39, 0.29) is 6.61 Å². The molecule has 0 saturated heterocycles. The summed E-state index contributed by atoms with van der Waals surface area (Å²) in [4.78, 5) is 8.01. The highest BCUT2D eigenvalue weighted by molar-refractivity contribution is 7.15. The fourth-order valence-electron chi connectivity index (χ4n) is 1.98. The molecule has 1 aromatic heterocycles. The highest BCUT2D eigenvalue weighted by Gasteiger charge is 2.30. The summed E-state index contributed by atoms with van der Waals surface area (Å²) in [6.45, 7) is 5.66. The van der Waals surface area contributed by atoms with Crippen LogP contribution in [0.2, 0.25) is 0 Å². The van der Waals surface area contributed by atoms with E-state index in [1.807, 2.05) is 0 Å². The molecule has 2 rings (SSSR count). The van der Waals surface area contributed by atoms with Gasteiger partial charge in [0.05, 0.1) is 17.2 Å². The lowest BCUT2D eigenvalue weighted by molar-refractivity contribution is 0.284. The van der Waals surface area contributed by atoms with Gasteiger partial charge in [-0.25, -0.2) is 4.98 Å². The van der Waals surface area contributed by atoms with E-state index in [0.717, 1.165) is 22.2 Å². The maximum atomic E-state index is 9.37. The number of aliphatic hydroxyl groups excluding tert-OH is 1. The first-order valence-corrected chi connectivity index (χ1v) is 7.28. The minimum atomic E-state index is 0.140. The second kappa shape index (κ2) is 5.36. The van der Waals surface area contributed by atoms with Crippen LogP contribution in [0.5, 0.6) is 0 Å². The molecule has 0 bridgehead atoms. The lowest BCUT2D eigenvalue weighted by atomic mass is 10.1. The number of rotatable bonds is 6. The van der Waals surface area contributed by atoms with Crippen LogP contribution in [-0.2, 0) is 6.61 Å². The van der Waals surface area contributed by atoms with Crippen molar-refractivity contribution in [3.8, 4) is 0 Å². The first-order chi connectivity index (χ1) is 8.15. The zero-order valence-electron chi connectivity index (χ0n) is 10.9. The largest absolute Gasteiger partial charge is 0.391 e. The highest BCUT2D eigenvalue weighted by atomic mass is 32.1. The van der Waals surface area contributed by atoms with Crippen LogP contribution in [0, 0.1) is 5.92 Å². The van der Waals surface area contributed by atoms with Crippen LogP contribution >= 0.6 is 11.3 Å². The monoisotopic (exact) mass is 254 g/mol. The van der Waals surface area contributed by atoms with Crippen LogP contribution in [0.4, 0.5) is 5.13 Å². The summed E-state index contributed by atoms with van der Waals surface area (Å²) < 4.78 is 0. The van der Waals surface area contributed by atoms with Crippen molar-refractivity contribution < 1.29 is 5.11 Å². The number of nitrogens with zero attached hydrogens (tertiary/aromatic N) is 2. The number of hydrogen-bond donors (Lipinski definition) is 1. The molecule has 17 heavy (non-hydrogen) atoms. The molecule has 1 aliphatic carbocycles. The Bertz CT molecular complexity index is 373. The van der Waals surface area contributed by atoms with Crippen molar-refractivity contribution in [2.24, 2.45) is 5.92 Å². The molecule has 3 nitrogen and oxygen atoms in total. The van der Waals surface area contributed by atoms with Gasteiger partial charge in [0.25, 0.3) is 0 Å². The van der Waals surface area contributed by atoms with E-state index < -0.39 is 0 Å². The third-order valence-corrected chi connectivity index (χ3v) is 4.60. The first kappa shape index (κ1) is 12.8. The molecule has 1 heterocycles. The molecule has 0 spiro atoms. The van der Waals surface area contributed by atoms with E-state index in [9.17, 15) is 5.11 Å². The van der Waals surface area contributed by atoms with Gasteiger partial charge in [-0.3, -0.25) is 0 Å². The lowest BCUT2D eigenvalue weighted by Crippen LogP contribution is -2.23. The van der Waals surface area contributed by atoms with Gasteiger partial charge in [0.2, 0.25) is 0 Å². The normalized spacial score (nSPS) is 17.2. The average Bonchev–Trinajstić information content (AvgIpc) is 3.08. The summed E-state index contributed by atoms with van der Waals surface area (Å²) in [6.07, 6.45) is 3.68. The zero-order valence-corrected chi connectivity index (χ0v) is 11.8. The maximum absolute atomic E-state index is 9.37. The van der Waals surface area contributed by atoms with Crippen LogP contribution in [0.3, 0.4) is 0 Å². The summed E-state index contributed by atoms with van der Waals surface area (Å²) in [6, 6.07) is 0. The predicted octanol–water partition coefficient (Wildman–Crippen LogP) is 3.00. The summed E-state index contributed by atoms with van der Waals surface area (Å²) in [5.74, 6) is 1.31. The van der Waals surface area contributed by atoms with Crippen LogP contribution in [0.15, 0.2) is 0 Å². The number of aromatic nitrogens is 1. The number of hydrogen-bond acceptors (Lipinski definition) is 4. The van der Waals surface area contributed by atoms with Gasteiger partial charge in [0, 0.05) is 19.5 Å². The molecule has 1 aromatic rings. The third-order valence-electron chi connectivity index (χ3n) is 3.43. The molecule has 4 heteroatoms. The Labute approximate surface area is 107 Å². The van der Waals surface area contributed by atoms with Crippen molar-refractivity contribution in [1.29, 1.82) is 0 Å². The van der Waals surface area contributed by atoms with E-state index in [1.165, 1.54) is 19.3 Å². The van der Waals surface area contributed by atoms with E-state index in [4.69, 9.17) is 4.98 Å². The Morgan fingerprint density at radius 2 is 2.24 bits per heavy atom. The number of aliphatic hydroxyl groups is 1. The zero-order chi connectivity index (χ0) is 12.4. The Balaban J connectivity index is 2.09. The molecular formula is C13H22N2OS. The van der Waals surface area contributed by atoms with Crippen molar-refractivity contribution in [3.63, 3.8) is 0 Å². The first-order valence-electron chi connectivity index (χ1n) is 6.47. The Morgan fingerprint density at radius 3 is 2.76 bits per heavy atom. The van der Waals surface area contributed by atoms with Gasteiger partial charge < -0.3 is 10.0 Å². The summed E-state index contributed by atoms with van der Waals surface area (Å²) >= 11 is 1.65. The Hall–Kier alpha value is -0.610. The molecule has 0 aromatic carbocycles. The number of anilines is 1. The minimum absolute atomic E-state index is 0.140. The Kier molecular flexibility index (Phi) is 4.05. The molecule has 1 aliphatic rings. The lowest BCUT2D eigenvalue weighted by Gasteiger charge is -2.19. The molecule has 1 saturated carbocycles. The van der Waals surface area contributed by atoms with Crippen LogP contribution in [-0.4, -0.2) is 23.7 Å².